The summed E-state index contributed by atoms with van der Waals surface area (Å²) in [5.41, 5.74) is 0. The van der Waals surface area contributed by atoms with Gasteiger partial charge in [0.15, 0.2) is 6.39 Å². The summed E-state index contributed by atoms with van der Waals surface area (Å²) in [6.45, 7) is 0. The van der Waals surface area contributed by atoms with Crippen molar-refractivity contribution in [3.05, 3.63) is 61.3 Å². The minimum Gasteiger partial charge on any atom is -0.452 e. The Hall–Kier alpha value is -1.74. The average Bonchev–Trinajstić information content (AvgIpc) is 2.87. The van der Waals surface area contributed by atoms with Gasteiger partial charge in [0.1, 0.15) is 6.26 Å². The molecule has 0 unspecified atom stereocenters. The lowest BCUT2D eigenvalue weighted by atomic mass is 10.1. The van der Waals surface area contributed by atoms with Crippen molar-refractivity contribution in [2.45, 2.75) is 4.90 Å². The van der Waals surface area contributed by atoms with Crippen LogP contribution in [0.3, 0.4) is 0 Å². The molecule has 0 saturated heterocycles. The van der Waals surface area contributed by atoms with E-state index in [1.807, 2.05) is 18.2 Å². The second-order valence-electron chi connectivity index (χ2n) is 3.21. The first-order valence-corrected chi connectivity index (χ1v) is 5.31. The van der Waals surface area contributed by atoms with E-state index in [9.17, 15) is 0 Å². The van der Waals surface area contributed by atoms with Gasteiger partial charge >= 0.3 is 0 Å². The van der Waals surface area contributed by atoms with Crippen molar-refractivity contribution < 1.29 is 4.42 Å². The summed E-state index contributed by atoms with van der Waals surface area (Å²) in [4.78, 5) is 4.57. The fourth-order valence-corrected chi connectivity index (χ4v) is 1.57. The molecule has 80 valence electrons. The van der Waals surface area contributed by atoms with E-state index >= 15 is 0 Å². The lowest BCUT2D eigenvalue weighted by molar-refractivity contribution is 0.558. The van der Waals surface area contributed by atoms with Gasteiger partial charge in [0.25, 0.3) is 0 Å². The van der Waals surface area contributed by atoms with E-state index in [0.717, 1.165) is 4.90 Å². The lowest BCUT2D eigenvalue weighted by Crippen LogP contribution is -1.70. The molecule has 0 atom stereocenters. The van der Waals surface area contributed by atoms with Crippen LogP contribution in [-0.4, -0.2) is 4.98 Å². The smallest absolute Gasteiger partial charge is 0.180 e. The second-order valence-corrected chi connectivity index (χ2v) is 3.72. The molecule has 2 aromatic carbocycles. The van der Waals surface area contributed by atoms with Gasteiger partial charge in [0.05, 0.1) is 6.20 Å². The van der Waals surface area contributed by atoms with E-state index in [-0.39, 0.29) is 0 Å². The van der Waals surface area contributed by atoms with Gasteiger partial charge in [-0.1, -0.05) is 30.3 Å². The highest BCUT2D eigenvalue weighted by atomic mass is 32.1. The monoisotopic (exact) mass is 229 g/mol. The summed E-state index contributed by atoms with van der Waals surface area (Å²) in [6, 6.07) is 14.4. The Morgan fingerprint density at radius 2 is 1.81 bits per heavy atom. The van der Waals surface area contributed by atoms with Crippen molar-refractivity contribution in [3.8, 4) is 0 Å². The van der Waals surface area contributed by atoms with Gasteiger partial charge in [-0.2, -0.15) is 0 Å². The maximum Gasteiger partial charge on any atom is 0.180 e. The molecule has 0 radical (unpaired) electrons. The Bertz CT molecular complexity index is 531. The summed E-state index contributed by atoms with van der Waals surface area (Å²) in [6.07, 6.45) is 4.47. The number of aromatic nitrogens is 1. The van der Waals surface area contributed by atoms with Gasteiger partial charge in [-0.05, 0) is 22.9 Å². The zero-order chi connectivity index (χ0) is 11.2. The van der Waals surface area contributed by atoms with E-state index in [2.05, 4.69) is 46.3 Å². The van der Waals surface area contributed by atoms with E-state index < -0.39 is 0 Å². The van der Waals surface area contributed by atoms with Crippen LogP contribution in [-0.2, 0) is 0 Å². The number of fused-ring (bicyclic) bond motifs is 1. The lowest BCUT2D eigenvalue weighted by Gasteiger charge is -1.96. The number of rotatable bonds is 0. The third kappa shape index (κ3) is 2.87. The van der Waals surface area contributed by atoms with Crippen LogP contribution >= 0.6 is 12.6 Å². The summed E-state index contributed by atoms with van der Waals surface area (Å²) >= 11 is 4.26. The fourth-order valence-electron chi connectivity index (χ4n) is 1.35. The summed E-state index contributed by atoms with van der Waals surface area (Å²) < 4.78 is 4.47. The Kier molecular flexibility index (Phi) is 3.62. The Balaban J connectivity index is 0.000000162. The molecule has 0 fully saturated rings. The number of thiol groups is 1. The molecular formula is C13H11NOS. The number of oxazole rings is 1. The van der Waals surface area contributed by atoms with Crippen LogP contribution in [0.4, 0.5) is 0 Å². The average molecular weight is 229 g/mol. The number of nitrogens with zero attached hydrogens (tertiary/aromatic N) is 1. The molecule has 2 nitrogen and oxygen atoms in total. The van der Waals surface area contributed by atoms with Crippen LogP contribution in [0.5, 0.6) is 0 Å². The Labute approximate surface area is 99.3 Å². The number of benzene rings is 2. The van der Waals surface area contributed by atoms with Crippen LogP contribution in [0, 0.1) is 0 Å². The molecular weight excluding hydrogens is 218 g/mol. The molecule has 1 aromatic heterocycles. The molecule has 3 heteroatoms. The SMILES string of the molecule is Sc1ccc2ccccc2c1.c1cocn1. The highest BCUT2D eigenvalue weighted by Gasteiger charge is 1.90. The zero-order valence-electron chi connectivity index (χ0n) is 8.58. The summed E-state index contributed by atoms with van der Waals surface area (Å²) in [7, 11) is 0. The summed E-state index contributed by atoms with van der Waals surface area (Å²) in [5, 5.41) is 2.52. The topological polar surface area (TPSA) is 26.0 Å². The van der Waals surface area contributed by atoms with E-state index in [1.165, 1.54) is 23.4 Å². The molecule has 0 aliphatic rings. The molecule has 16 heavy (non-hydrogen) atoms. The van der Waals surface area contributed by atoms with E-state index in [4.69, 9.17) is 0 Å². The van der Waals surface area contributed by atoms with E-state index in [0.29, 0.717) is 0 Å². The van der Waals surface area contributed by atoms with Crippen LogP contribution < -0.4 is 0 Å². The normalized spacial score (nSPS) is 9.56. The van der Waals surface area contributed by atoms with Crippen molar-refractivity contribution in [2.75, 3.05) is 0 Å². The Morgan fingerprint density at radius 1 is 1.00 bits per heavy atom. The predicted molar refractivity (Wildman–Crippen MR) is 67.7 cm³/mol. The largest absolute Gasteiger partial charge is 0.452 e. The molecule has 0 aliphatic heterocycles. The molecule has 0 amide bonds. The maximum atomic E-state index is 4.47. The highest BCUT2D eigenvalue weighted by Crippen LogP contribution is 2.17. The highest BCUT2D eigenvalue weighted by molar-refractivity contribution is 7.80. The third-order valence-electron chi connectivity index (χ3n) is 2.08. The van der Waals surface area contributed by atoms with Crippen LogP contribution in [0.1, 0.15) is 0 Å². The molecule has 3 rings (SSSR count). The zero-order valence-corrected chi connectivity index (χ0v) is 9.47. The minimum atomic E-state index is 1.02. The number of hydrogen-bond donors (Lipinski definition) is 1. The molecule has 0 saturated carbocycles. The molecule has 0 spiro atoms. The van der Waals surface area contributed by atoms with Gasteiger partial charge in [-0.3, -0.25) is 0 Å². The van der Waals surface area contributed by atoms with Crippen LogP contribution in [0.2, 0.25) is 0 Å². The van der Waals surface area contributed by atoms with Gasteiger partial charge in [0, 0.05) is 4.90 Å². The van der Waals surface area contributed by atoms with Gasteiger partial charge in [0.2, 0.25) is 0 Å². The quantitative estimate of drug-likeness (QED) is 0.593. The molecule has 3 aromatic rings. The predicted octanol–water partition coefficient (Wildman–Crippen LogP) is 3.80. The molecule has 0 aliphatic carbocycles. The maximum absolute atomic E-state index is 4.47. The minimum absolute atomic E-state index is 1.02. The standard InChI is InChI=1S/C10H8S.C3H3NO/c11-10-6-5-8-3-1-2-4-9(8)7-10;1-2-5-3-4-1/h1-7,11H;1-3H. The van der Waals surface area contributed by atoms with Crippen molar-refractivity contribution in [1.29, 1.82) is 0 Å². The first-order chi connectivity index (χ1) is 7.86. The first-order valence-electron chi connectivity index (χ1n) is 4.86. The molecule has 1 heterocycles. The van der Waals surface area contributed by atoms with Crippen molar-refractivity contribution >= 4 is 23.4 Å². The van der Waals surface area contributed by atoms with Gasteiger partial charge in [-0.25, -0.2) is 4.98 Å². The molecule has 0 N–H and O–H groups in total. The van der Waals surface area contributed by atoms with Crippen molar-refractivity contribution in [2.24, 2.45) is 0 Å². The fraction of sp³-hybridized carbons (Fsp3) is 0. The summed E-state index contributed by atoms with van der Waals surface area (Å²) in [5.74, 6) is 0. The third-order valence-corrected chi connectivity index (χ3v) is 2.36. The second kappa shape index (κ2) is 5.37. The van der Waals surface area contributed by atoms with Crippen molar-refractivity contribution in [3.63, 3.8) is 0 Å². The molecule has 0 bridgehead atoms. The Morgan fingerprint density at radius 3 is 2.44 bits per heavy atom. The number of hydrogen-bond acceptors (Lipinski definition) is 3. The first kappa shape index (κ1) is 10.8. The van der Waals surface area contributed by atoms with Gasteiger partial charge < -0.3 is 4.42 Å². The van der Waals surface area contributed by atoms with Gasteiger partial charge in [-0.15, -0.1) is 12.6 Å². The van der Waals surface area contributed by atoms with Crippen molar-refractivity contribution in [1.82, 2.24) is 4.98 Å². The van der Waals surface area contributed by atoms with Crippen LogP contribution in [0.25, 0.3) is 10.8 Å². The van der Waals surface area contributed by atoms with E-state index in [1.54, 1.807) is 6.20 Å². The van der Waals surface area contributed by atoms with Crippen LogP contribution in [0.15, 0.2) is 70.6 Å².